The molecule has 0 spiro atoms. The molecule has 2 saturated heterocycles. The highest BCUT2D eigenvalue weighted by molar-refractivity contribution is 5.93. The molecule has 2 aliphatic rings. The Morgan fingerprint density at radius 1 is 0.963 bits per heavy atom. The molecule has 2 atom stereocenters. The summed E-state index contributed by atoms with van der Waals surface area (Å²) in [6.45, 7) is 0.344. The van der Waals surface area contributed by atoms with Crippen LogP contribution in [0.25, 0.3) is 0 Å². The second kappa shape index (κ2) is 10.9. The number of fused-ring (bicyclic) bond motifs is 2. The third kappa shape index (κ3) is 7.30. The minimum Gasteiger partial charge on any atom is -0.326 e. The van der Waals surface area contributed by atoms with Crippen LogP contribution in [0.5, 0.6) is 0 Å². The molecule has 0 radical (unpaired) electrons. The second-order valence-corrected chi connectivity index (χ2v) is 7.59. The first kappa shape index (κ1) is 23.7. The maximum absolute atomic E-state index is 12.3. The number of likely N-dealkylation sites (N-methyl/N-ethyl adjacent to an activating group) is 1. The number of piperidine rings is 1. The van der Waals surface area contributed by atoms with Crippen molar-refractivity contribution in [2.75, 3.05) is 31.3 Å². The Hall–Kier alpha value is -1.34. The highest BCUT2D eigenvalue weighted by Crippen LogP contribution is 2.32. The van der Waals surface area contributed by atoms with Crippen LogP contribution in [-0.4, -0.2) is 49.4 Å². The van der Waals surface area contributed by atoms with Gasteiger partial charge in [-0.05, 0) is 70.0 Å². The number of amides is 2. The quantitative estimate of drug-likeness (QED) is 0.666. The normalized spacial score (nSPS) is 23.1. The molecule has 2 amide bonds. The SMILES string of the molecule is CN(C)CC(=O)Nc1ccc(NC(=O)CC2CC3CCC(C2)N3)cc1.Cl.Cl. The topological polar surface area (TPSA) is 73.5 Å². The number of hydrogen-bond acceptors (Lipinski definition) is 4. The van der Waals surface area contributed by atoms with Crippen LogP contribution in [0.1, 0.15) is 32.1 Å². The summed E-state index contributed by atoms with van der Waals surface area (Å²) < 4.78 is 0. The standard InChI is InChI=1S/C19H28N4O2.2ClH/c1-23(2)12-19(25)22-15-5-3-14(4-6-15)21-18(24)11-13-9-16-7-8-17(10-13)20-16;;/h3-6,13,16-17,20H,7-12H2,1-2H3,(H,21,24)(H,22,25);2*1H. The lowest BCUT2D eigenvalue weighted by Gasteiger charge is -2.28. The van der Waals surface area contributed by atoms with Crippen LogP contribution in [0, 0.1) is 5.92 Å². The van der Waals surface area contributed by atoms with E-state index in [1.165, 1.54) is 12.8 Å². The molecule has 0 aromatic heterocycles. The lowest BCUT2D eigenvalue weighted by Crippen LogP contribution is -2.39. The summed E-state index contributed by atoms with van der Waals surface area (Å²) in [6.07, 6.45) is 5.32. The summed E-state index contributed by atoms with van der Waals surface area (Å²) in [5.74, 6) is 0.515. The fourth-order valence-corrected chi connectivity index (χ4v) is 3.94. The molecule has 3 N–H and O–H groups in total. The van der Waals surface area contributed by atoms with Crippen molar-refractivity contribution in [3.05, 3.63) is 24.3 Å². The Bertz CT molecular complexity index is 613. The van der Waals surface area contributed by atoms with Gasteiger partial charge in [-0.2, -0.15) is 0 Å². The van der Waals surface area contributed by atoms with Crippen molar-refractivity contribution in [1.82, 2.24) is 10.2 Å². The third-order valence-electron chi connectivity index (χ3n) is 4.96. The summed E-state index contributed by atoms with van der Waals surface area (Å²) in [4.78, 5) is 25.8. The number of halogens is 2. The molecule has 2 bridgehead atoms. The van der Waals surface area contributed by atoms with Crippen LogP contribution in [0.15, 0.2) is 24.3 Å². The summed E-state index contributed by atoms with van der Waals surface area (Å²) in [5.41, 5.74) is 1.51. The maximum Gasteiger partial charge on any atom is 0.238 e. The largest absolute Gasteiger partial charge is 0.326 e. The van der Waals surface area contributed by atoms with E-state index >= 15 is 0 Å². The number of anilines is 2. The van der Waals surface area contributed by atoms with Crippen LogP contribution in [0.4, 0.5) is 11.4 Å². The van der Waals surface area contributed by atoms with Crippen molar-refractivity contribution < 1.29 is 9.59 Å². The van der Waals surface area contributed by atoms with Gasteiger partial charge < -0.3 is 20.9 Å². The molecule has 27 heavy (non-hydrogen) atoms. The van der Waals surface area contributed by atoms with Crippen molar-refractivity contribution in [2.24, 2.45) is 5.92 Å². The van der Waals surface area contributed by atoms with Gasteiger partial charge in [0.25, 0.3) is 0 Å². The molecule has 8 heteroatoms. The molecule has 1 aromatic carbocycles. The Morgan fingerprint density at radius 3 is 1.93 bits per heavy atom. The fraction of sp³-hybridized carbons (Fsp3) is 0.579. The molecular formula is C19H30Cl2N4O2. The van der Waals surface area contributed by atoms with Gasteiger partial charge in [-0.25, -0.2) is 0 Å². The first-order valence-electron chi connectivity index (χ1n) is 9.08. The van der Waals surface area contributed by atoms with Crippen LogP contribution in [-0.2, 0) is 9.59 Å². The van der Waals surface area contributed by atoms with Crippen molar-refractivity contribution in [3.63, 3.8) is 0 Å². The average molecular weight is 417 g/mol. The lowest BCUT2D eigenvalue weighted by atomic mass is 9.89. The second-order valence-electron chi connectivity index (χ2n) is 7.59. The zero-order chi connectivity index (χ0) is 17.8. The Kier molecular flexibility index (Phi) is 9.53. The van der Waals surface area contributed by atoms with E-state index in [0.29, 0.717) is 31.0 Å². The van der Waals surface area contributed by atoms with E-state index in [4.69, 9.17) is 0 Å². The zero-order valence-corrected chi connectivity index (χ0v) is 17.5. The van der Waals surface area contributed by atoms with Gasteiger partial charge in [-0.1, -0.05) is 0 Å². The van der Waals surface area contributed by atoms with Crippen molar-refractivity contribution >= 4 is 48.0 Å². The number of nitrogens with zero attached hydrogens (tertiary/aromatic N) is 1. The highest BCUT2D eigenvalue weighted by Gasteiger charge is 2.34. The molecule has 0 saturated carbocycles. The molecule has 3 rings (SSSR count). The zero-order valence-electron chi connectivity index (χ0n) is 15.9. The number of benzene rings is 1. The first-order valence-corrected chi connectivity index (χ1v) is 9.08. The van der Waals surface area contributed by atoms with Crippen LogP contribution in [0.3, 0.4) is 0 Å². The van der Waals surface area contributed by atoms with Crippen molar-refractivity contribution in [2.45, 2.75) is 44.2 Å². The van der Waals surface area contributed by atoms with E-state index in [9.17, 15) is 9.59 Å². The Balaban J connectivity index is 0.00000182. The van der Waals surface area contributed by atoms with E-state index in [0.717, 1.165) is 24.2 Å². The van der Waals surface area contributed by atoms with Gasteiger partial charge in [0.15, 0.2) is 0 Å². The lowest BCUT2D eigenvalue weighted by molar-refractivity contribution is -0.118. The number of rotatable bonds is 6. The van der Waals surface area contributed by atoms with Gasteiger partial charge in [0.1, 0.15) is 0 Å². The smallest absolute Gasteiger partial charge is 0.238 e. The van der Waals surface area contributed by atoms with E-state index in [2.05, 4.69) is 16.0 Å². The van der Waals surface area contributed by atoms with Crippen molar-refractivity contribution in [3.8, 4) is 0 Å². The van der Waals surface area contributed by atoms with Crippen LogP contribution >= 0.6 is 24.8 Å². The molecular weight excluding hydrogens is 387 g/mol. The van der Waals surface area contributed by atoms with E-state index in [1.807, 2.05) is 43.3 Å². The van der Waals surface area contributed by atoms with E-state index in [1.54, 1.807) is 0 Å². The van der Waals surface area contributed by atoms with Gasteiger partial charge in [0.05, 0.1) is 6.54 Å². The summed E-state index contributed by atoms with van der Waals surface area (Å²) in [7, 11) is 3.71. The monoisotopic (exact) mass is 416 g/mol. The molecule has 2 heterocycles. The number of carbonyl (C=O) groups is 2. The van der Waals surface area contributed by atoms with Gasteiger partial charge in [-0.3, -0.25) is 9.59 Å². The van der Waals surface area contributed by atoms with Gasteiger partial charge in [0.2, 0.25) is 11.8 Å². The van der Waals surface area contributed by atoms with Gasteiger partial charge in [0, 0.05) is 29.9 Å². The molecule has 2 unspecified atom stereocenters. The predicted molar refractivity (Wildman–Crippen MR) is 114 cm³/mol. The summed E-state index contributed by atoms with van der Waals surface area (Å²) in [5, 5.41) is 9.42. The van der Waals surface area contributed by atoms with Gasteiger partial charge >= 0.3 is 0 Å². The van der Waals surface area contributed by atoms with E-state index < -0.39 is 0 Å². The minimum atomic E-state index is -0.0534. The third-order valence-corrected chi connectivity index (χ3v) is 4.96. The number of carbonyl (C=O) groups excluding carboxylic acids is 2. The molecule has 2 fully saturated rings. The van der Waals surface area contributed by atoms with Crippen LogP contribution < -0.4 is 16.0 Å². The Labute approximate surface area is 173 Å². The molecule has 1 aromatic rings. The average Bonchev–Trinajstić information content (AvgIpc) is 2.87. The predicted octanol–water partition coefficient (Wildman–Crippen LogP) is 2.89. The summed E-state index contributed by atoms with van der Waals surface area (Å²) >= 11 is 0. The Morgan fingerprint density at radius 2 is 1.44 bits per heavy atom. The number of nitrogens with one attached hydrogen (secondary N) is 3. The van der Waals surface area contributed by atoms with Crippen LogP contribution in [0.2, 0.25) is 0 Å². The maximum atomic E-state index is 12.3. The first-order chi connectivity index (χ1) is 12.0. The molecule has 2 aliphatic heterocycles. The molecule has 0 aliphatic carbocycles. The van der Waals surface area contributed by atoms with E-state index in [-0.39, 0.29) is 36.6 Å². The minimum absolute atomic E-state index is 0. The highest BCUT2D eigenvalue weighted by atomic mass is 35.5. The van der Waals surface area contributed by atoms with Gasteiger partial charge in [-0.15, -0.1) is 24.8 Å². The fourth-order valence-electron chi connectivity index (χ4n) is 3.94. The van der Waals surface area contributed by atoms with Crippen molar-refractivity contribution in [1.29, 1.82) is 0 Å². The summed E-state index contributed by atoms with van der Waals surface area (Å²) in [6, 6.07) is 8.51. The number of hydrogen-bond donors (Lipinski definition) is 3. The molecule has 152 valence electrons. The molecule has 6 nitrogen and oxygen atoms in total.